The molecule has 0 amide bonds. The molecule has 1 aliphatic rings. The molecule has 0 unspecified atom stereocenters. The van der Waals surface area contributed by atoms with Gasteiger partial charge in [0.1, 0.15) is 11.9 Å². The number of nitrogens with one attached hydrogen (secondary N) is 1. The summed E-state index contributed by atoms with van der Waals surface area (Å²) in [4.78, 5) is 6.76. The van der Waals surface area contributed by atoms with E-state index in [0.29, 0.717) is 5.56 Å². The molecular formula is C12H16N4. The maximum Gasteiger partial charge on any atom is 0.128 e. The van der Waals surface area contributed by atoms with E-state index in [1.54, 1.807) is 0 Å². The lowest BCUT2D eigenvalue weighted by molar-refractivity contribution is 0.724. The van der Waals surface area contributed by atoms with Crippen LogP contribution in [-0.4, -0.2) is 31.2 Å². The van der Waals surface area contributed by atoms with Crippen molar-refractivity contribution in [1.29, 1.82) is 5.26 Å². The lowest BCUT2D eigenvalue weighted by Crippen LogP contribution is -2.28. The van der Waals surface area contributed by atoms with Gasteiger partial charge in [-0.1, -0.05) is 0 Å². The molecular weight excluding hydrogens is 200 g/mol. The Bertz CT molecular complexity index is 400. The van der Waals surface area contributed by atoms with Crippen molar-refractivity contribution >= 4 is 5.82 Å². The number of rotatable bonds is 1. The summed E-state index contributed by atoms with van der Waals surface area (Å²) in [7, 11) is 0. The van der Waals surface area contributed by atoms with Gasteiger partial charge >= 0.3 is 0 Å². The molecule has 0 radical (unpaired) electrons. The predicted octanol–water partition coefficient (Wildman–Crippen LogP) is 1.06. The SMILES string of the molecule is Cc1nc(N2CCCNCC2)ccc1C#N. The maximum absolute atomic E-state index is 8.85. The molecule has 0 spiro atoms. The number of anilines is 1. The summed E-state index contributed by atoms with van der Waals surface area (Å²) in [5.74, 6) is 0.986. The molecule has 1 aliphatic heterocycles. The zero-order valence-electron chi connectivity index (χ0n) is 9.53. The number of hydrogen-bond donors (Lipinski definition) is 1. The van der Waals surface area contributed by atoms with Crippen LogP contribution in [0.4, 0.5) is 5.82 Å². The Labute approximate surface area is 95.9 Å². The van der Waals surface area contributed by atoms with Crippen LogP contribution < -0.4 is 10.2 Å². The van der Waals surface area contributed by atoms with Gasteiger partial charge in [-0.3, -0.25) is 0 Å². The van der Waals surface area contributed by atoms with Crippen LogP contribution >= 0.6 is 0 Å². The van der Waals surface area contributed by atoms with Crippen molar-refractivity contribution in [2.45, 2.75) is 13.3 Å². The summed E-state index contributed by atoms with van der Waals surface area (Å²) in [6.45, 7) is 5.98. The van der Waals surface area contributed by atoms with E-state index in [0.717, 1.165) is 44.1 Å². The Kier molecular flexibility index (Phi) is 3.37. The fraction of sp³-hybridized carbons (Fsp3) is 0.500. The maximum atomic E-state index is 8.85. The third kappa shape index (κ3) is 2.31. The van der Waals surface area contributed by atoms with Crippen molar-refractivity contribution in [2.24, 2.45) is 0 Å². The molecule has 0 atom stereocenters. The second-order valence-electron chi connectivity index (χ2n) is 4.00. The van der Waals surface area contributed by atoms with Crippen LogP contribution in [0.1, 0.15) is 17.7 Å². The van der Waals surface area contributed by atoms with Crippen LogP contribution in [0.2, 0.25) is 0 Å². The van der Waals surface area contributed by atoms with Crippen LogP contribution in [-0.2, 0) is 0 Å². The van der Waals surface area contributed by atoms with Gasteiger partial charge in [0.25, 0.3) is 0 Å². The highest BCUT2D eigenvalue weighted by Crippen LogP contribution is 2.15. The fourth-order valence-electron chi connectivity index (χ4n) is 1.92. The van der Waals surface area contributed by atoms with Gasteiger partial charge in [-0.2, -0.15) is 5.26 Å². The smallest absolute Gasteiger partial charge is 0.128 e. The Hall–Kier alpha value is -1.60. The minimum Gasteiger partial charge on any atom is -0.355 e. The minimum absolute atomic E-state index is 0.664. The van der Waals surface area contributed by atoms with Gasteiger partial charge in [0.2, 0.25) is 0 Å². The number of nitriles is 1. The molecule has 84 valence electrons. The number of hydrogen-bond acceptors (Lipinski definition) is 4. The Morgan fingerprint density at radius 2 is 2.25 bits per heavy atom. The lowest BCUT2D eigenvalue weighted by Gasteiger charge is -2.21. The quantitative estimate of drug-likeness (QED) is 0.762. The van der Waals surface area contributed by atoms with Crippen LogP contribution in [0.3, 0.4) is 0 Å². The first kappa shape index (κ1) is 10.9. The van der Waals surface area contributed by atoms with Gasteiger partial charge in [0.05, 0.1) is 11.3 Å². The van der Waals surface area contributed by atoms with E-state index in [-0.39, 0.29) is 0 Å². The molecule has 1 saturated heterocycles. The van der Waals surface area contributed by atoms with E-state index in [1.165, 1.54) is 0 Å². The van der Waals surface area contributed by atoms with Crippen molar-refractivity contribution in [3.05, 3.63) is 23.4 Å². The fourth-order valence-corrected chi connectivity index (χ4v) is 1.92. The molecule has 1 N–H and O–H groups in total. The number of aryl methyl sites for hydroxylation is 1. The second kappa shape index (κ2) is 4.95. The van der Waals surface area contributed by atoms with Crippen LogP contribution in [0, 0.1) is 18.3 Å². The highest BCUT2D eigenvalue weighted by atomic mass is 15.2. The minimum atomic E-state index is 0.664. The third-order valence-corrected chi connectivity index (χ3v) is 2.86. The van der Waals surface area contributed by atoms with E-state index in [1.807, 2.05) is 19.1 Å². The summed E-state index contributed by atoms with van der Waals surface area (Å²) in [6, 6.07) is 5.94. The Morgan fingerprint density at radius 1 is 1.38 bits per heavy atom. The van der Waals surface area contributed by atoms with Gasteiger partial charge < -0.3 is 10.2 Å². The Morgan fingerprint density at radius 3 is 3.00 bits per heavy atom. The Balaban J connectivity index is 2.20. The summed E-state index contributed by atoms with van der Waals surface area (Å²) in [5.41, 5.74) is 1.48. The lowest BCUT2D eigenvalue weighted by atomic mass is 10.2. The van der Waals surface area contributed by atoms with E-state index in [4.69, 9.17) is 5.26 Å². The third-order valence-electron chi connectivity index (χ3n) is 2.86. The molecule has 2 rings (SSSR count). The van der Waals surface area contributed by atoms with E-state index in [2.05, 4.69) is 21.3 Å². The topological polar surface area (TPSA) is 52.0 Å². The molecule has 0 bridgehead atoms. The largest absolute Gasteiger partial charge is 0.355 e. The molecule has 4 heteroatoms. The van der Waals surface area contributed by atoms with Crippen molar-refractivity contribution in [3.8, 4) is 6.07 Å². The van der Waals surface area contributed by atoms with E-state index >= 15 is 0 Å². The van der Waals surface area contributed by atoms with Gasteiger partial charge in [-0.15, -0.1) is 0 Å². The first-order chi connectivity index (χ1) is 7.81. The molecule has 2 heterocycles. The predicted molar refractivity (Wildman–Crippen MR) is 63.4 cm³/mol. The van der Waals surface area contributed by atoms with E-state index < -0.39 is 0 Å². The highest BCUT2D eigenvalue weighted by Gasteiger charge is 2.11. The van der Waals surface area contributed by atoms with Crippen LogP contribution in [0.5, 0.6) is 0 Å². The monoisotopic (exact) mass is 216 g/mol. The zero-order valence-corrected chi connectivity index (χ0v) is 9.53. The molecule has 0 aromatic carbocycles. The average Bonchev–Trinajstić information content (AvgIpc) is 2.57. The average molecular weight is 216 g/mol. The van der Waals surface area contributed by atoms with Crippen molar-refractivity contribution in [1.82, 2.24) is 10.3 Å². The van der Waals surface area contributed by atoms with Gasteiger partial charge in [-0.05, 0) is 32.0 Å². The van der Waals surface area contributed by atoms with Gasteiger partial charge in [-0.25, -0.2) is 4.98 Å². The van der Waals surface area contributed by atoms with Crippen LogP contribution in [0.15, 0.2) is 12.1 Å². The van der Waals surface area contributed by atoms with Gasteiger partial charge in [0, 0.05) is 19.6 Å². The summed E-state index contributed by atoms with van der Waals surface area (Å²) in [6.07, 6.45) is 1.14. The second-order valence-corrected chi connectivity index (χ2v) is 4.00. The summed E-state index contributed by atoms with van der Waals surface area (Å²) < 4.78 is 0. The van der Waals surface area contributed by atoms with Crippen molar-refractivity contribution < 1.29 is 0 Å². The highest BCUT2D eigenvalue weighted by molar-refractivity contribution is 5.45. The molecule has 0 aliphatic carbocycles. The summed E-state index contributed by atoms with van der Waals surface area (Å²) in [5, 5.41) is 12.2. The van der Waals surface area contributed by atoms with Crippen molar-refractivity contribution in [2.75, 3.05) is 31.1 Å². The zero-order chi connectivity index (χ0) is 11.4. The molecule has 1 fully saturated rings. The number of aromatic nitrogens is 1. The van der Waals surface area contributed by atoms with E-state index in [9.17, 15) is 0 Å². The number of nitrogens with zero attached hydrogens (tertiary/aromatic N) is 3. The first-order valence-corrected chi connectivity index (χ1v) is 5.64. The molecule has 16 heavy (non-hydrogen) atoms. The normalized spacial score (nSPS) is 16.6. The standard InChI is InChI=1S/C12H16N4/c1-10-11(9-13)3-4-12(15-10)16-7-2-5-14-6-8-16/h3-4,14H,2,5-8H2,1H3. The molecule has 1 aromatic heterocycles. The summed E-state index contributed by atoms with van der Waals surface area (Å²) >= 11 is 0. The molecule has 0 saturated carbocycles. The van der Waals surface area contributed by atoms with Crippen LogP contribution in [0.25, 0.3) is 0 Å². The van der Waals surface area contributed by atoms with Gasteiger partial charge in [0.15, 0.2) is 0 Å². The number of pyridine rings is 1. The van der Waals surface area contributed by atoms with Crippen molar-refractivity contribution in [3.63, 3.8) is 0 Å². The molecule has 4 nitrogen and oxygen atoms in total. The first-order valence-electron chi connectivity index (χ1n) is 5.64. The molecule has 1 aromatic rings.